The fraction of sp³-hybridized carbons (Fsp3) is 0.192. The molecule has 0 radical (unpaired) electrons. The number of fused-ring (bicyclic) bond motifs is 1. The first-order valence-electron chi connectivity index (χ1n) is 11.4. The van der Waals surface area contributed by atoms with Gasteiger partial charge in [-0.2, -0.15) is 14.8 Å². The zero-order valence-corrected chi connectivity index (χ0v) is 21.3. The third-order valence-corrected chi connectivity index (χ3v) is 8.46. The first-order valence-corrected chi connectivity index (χ1v) is 13.6. The Morgan fingerprint density at radius 2 is 1.59 bits per heavy atom. The van der Waals surface area contributed by atoms with E-state index in [9.17, 15) is 13.2 Å². The van der Waals surface area contributed by atoms with Gasteiger partial charge in [-0.1, -0.05) is 29.5 Å². The summed E-state index contributed by atoms with van der Waals surface area (Å²) in [6, 6.07) is 22.6. The minimum Gasteiger partial charge on any atom is -0.278 e. The van der Waals surface area contributed by atoms with Crippen molar-refractivity contribution in [1.29, 1.82) is 10.5 Å². The molecule has 2 heterocycles. The Balaban J connectivity index is 1.64. The molecular weight excluding hydrogens is 508 g/mol. The number of nitrogens with zero attached hydrogens (tertiary/aromatic N) is 6. The topological polar surface area (TPSA) is 131 Å². The second kappa shape index (κ2) is 11.7. The number of rotatable bonds is 10. The van der Waals surface area contributed by atoms with Gasteiger partial charge in [-0.05, 0) is 48.5 Å². The Kier molecular flexibility index (Phi) is 8.21. The molecule has 2 aromatic carbocycles. The monoisotopic (exact) mass is 530 g/mol. The van der Waals surface area contributed by atoms with E-state index in [1.807, 2.05) is 48.5 Å². The minimum absolute atomic E-state index is 0.00583. The van der Waals surface area contributed by atoms with Crippen LogP contribution in [-0.2, 0) is 16.6 Å². The van der Waals surface area contributed by atoms with E-state index in [1.54, 1.807) is 12.3 Å². The second-order valence-electron chi connectivity index (χ2n) is 7.92. The van der Waals surface area contributed by atoms with Crippen LogP contribution in [0.25, 0.3) is 10.2 Å². The van der Waals surface area contributed by atoms with E-state index in [0.29, 0.717) is 10.8 Å². The number of anilines is 1. The average molecular weight is 531 g/mol. The molecule has 0 N–H and O–H groups in total. The van der Waals surface area contributed by atoms with Gasteiger partial charge in [0.25, 0.3) is 5.91 Å². The highest BCUT2D eigenvalue weighted by molar-refractivity contribution is 7.89. The lowest BCUT2D eigenvalue weighted by molar-refractivity contribution is 0.0984. The Bertz CT molecular complexity index is 1520. The average Bonchev–Trinajstić information content (AvgIpc) is 3.36. The minimum atomic E-state index is -3.94. The van der Waals surface area contributed by atoms with Crippen LogP contribution in [0.5, 0.6) is 0 Å². The van der Waals surface area contributed by atoms with Gasteiger partial charge in [0, 0.05) is 37.7 Å². The van der Waals surface area contributed by atoms with Crippen LogP contribution < -0.4 is 4.90 Å². The highest BCUT2D eigenvalue weighted by Gasteiger charge is 2.26. The molecule has 0 fully saturated rings. The van der Waals surface area contributed by atoms with Crippen molar-refractivity contribution in [3.63, 3.8) is 0 Å². The normalized spacial score (nSPS) is 11.2. The zero-order chi connectivity index (χ0) is 26.3. The zero-order valence-electron chi connectivity index (χ0n) is 19.7. The van der Waals surface area contributed by atoms with Crippen LogP contribution >= 0.6 is 11.3 Å². The van der Waals surface area contributed by atoms with Gasteiger partial charge in [0.15, 0.2) is 5.13 Å². The molecule has 9 nitrogen and oxygen atoms in total. The number of pyridine rings is 1. The van der Waals surface area contributed by atoms with E-state index in [2.05, 4.69) is 9.97 Å². The standard InChI is InChI=1S/C26H22N6O3S2/c27-14-5-17-31(18-6-15-28)37(34,35)22-12-10-20(11-13-22)25(33)32(19-21-7-3-4-16-29-21)26-30-23-8-1-2-9-24(23)36-26/h1-4,7-13,16H,5-6,17-19H2. The number of carbonyl (C=O) groups excluding carboxylic acids is 1. The van der Waals surface area contributed by atoms with E-state index in [1.165, 1.54) is 40.5 Å². The van der Waals surface area contributed by atoms with Gasteiger partial charge < -0.3 is 0 Å². The van der Waals surface area contributed by atoms with Crippen molar-refractivity contribution in [2.24, 2.45) is 0 Å². The Hall–Kier alpha value is -4.16. The molecular formula is C26H22N6O3S2. The van der Waals surface area contributed by atoms with Crippen molar-refractivity contribution in [2.45, 2.75) is 24.3 Å². The van der Waals surface area contributed by atoms with Crippen LogP contribution in [0, 0.1) is 22.7 Å². The number of hydrogen-bond acceptors (Lipinski definition) is 8. The smallest absolute Gasteiger partial charge is 0.260 e. The molecule has 11 heteroatoms. The summed E-state index contributed by atoms with van der Waals surface area (Å²) in [5.41, 5.74) is 1.74. The number of para-hydroxylation sites is 1. The Morgan fingerprint density at radius 1 is 0.919 bits per heavy atom. The Labute approximate surface area is 218 Å². The first-order chi connectivity index (χ1) is 17.9. The molecule has 37 heavy (non-hydrogen) atoms. The van der Waals surface area contributed by atoms with Crippen LogP contribution in [0.2, 0.25) is 0 Å². The third-order valence-electron chi connectivity index (χ3n) is 5.49. The summed E-state index contributed by atoms with van der Waals surface area (Å²) >= 11 is 1.39. The van der Waals surface area contributed by atoms with Crippen molar-refractivity contribution < 1.29 is 13.2 Å². The maximum Gasteiger partial charge on any atom is 0.260 e. The predicted molar refractivity (Wildman–Crippen MR) is 140 cm³/mol. The molecule has 0 aliphatic carbocycles. The quantitative estimate of drug-likeness (QED) is 0.298. The molecule has 0 aliphatic heterocycles. The summed E-state index contributed by atoms with van der Waals surface area (Å²) in [5, 5.41) is 18.3. The van der Waals surface area contributed by atoms with E-state index < -0.39 is 10.0 Å². The lowest BCUT2D eigenvalue weighted by Crippen LogP contribution is -2.33. The predicted octanol–water partition coefficient (Wildman–Crippen LogP) is 4.36. The fourth-order valence-corrected chi connectivity index (χ4v) is 6.04. The summed E-state index contributed by atoms with van der Waals surface area (Å²) in [7, 11) is -3.94. The number of carbonyl (C=O) groups is 1. The van der Waals surface area contributed by atoms with Crippen molar-refractivity contribution >= 4 is 42.6 Å². The fourth-order valence-electron chi connectivity index (χ4n) is 3.63. The van der Waals surface area contributed by atoms with E-state index in [0.717, 1.165) is 14.5 Å². The van der Waals surface area contributed by atoms with Gasteiger partial charge in [-0.15, -0.1) is 0 Å². The molecule has 4 rings (SSSR count). The van der Waals surface area contributed by atoms with Crippen LogP contribution in [0.3, 0.4) is 0 Å². The number of amides is 1. The Morgan fingerprint density at radius 3 is 2.22 bits per heavy atom. The summed E-state index contributed by atoms with van der Waals surface area (Å²) in [5.74, 6) is -0.348. The number of thiazole rings is 1. The molecule has 0 aliphatic rings. The number of sulfonamides is 1. The van der Waals surface area contributed by atoms with Crippen LogP contribution in [0.4, 0.5) is 5.13 Å². The highest BCUT2D eigenvalue weighted by Crippen LogP contribution is 2.31. The second-order valence-corrected chi connectivity index (χ2v) is 10.9. The molecule has 0 unspecified atom stereocenters. The summed E-state index contributed by atoms with van der Waals surface area (Å²) in [4.78, 5) is 24.1. The van der Waals surface area contributed by atoms with E-state index in [4.69, 9.17) is 10.5 Å². The molecule has 0 atom stereocenters. The van der Waals surface area contributed by atoms with Crippen molar-refractivity contribution in [2.75, 3.05) is 18.0 Å². The number of benzene rings is 2. The number of nitriles is 2. The number of hydrogen-bond donors (Lipinski definition) is 0. The lowest BCUT2D eigenvalue weighted by Gasteiger charge is -2.21. The molecule has 0 spiro atoms. The van der Waals surface area contributed by atoms with Gasteiger partial charge in [-0.25, -0.2) is 13.4 Å². The van der Waals surface area contributed by atoms with E-state index in [-0.39, 0.29) is 48.8 Å². The van der Waals surface area contributed by atoms with E-state index >= 15 is 0 Å². The molecule has 0 saturated heterocycles. The van der Waals surface area contributed by atoms with Crippen LogP contribution in [0.15, 0.2) is 77.8 Å². The van der Waals surface area contributed by atoms with Gasteiger partial charge in [0.05, 0.1) is 39.5 Å². The molecule has 2 aromatic heterocycles. The summed E-state index contributed by atoms with van der Waals surface area (Å²) < 4.78 is 28.3. The lowest BCUT2D eigenvalue weighted by atomic mass is 10.2. The van der Waals surface area contributed by atoms with Gasteiger partial charge in [0.1, 0.15) is 0 Å². The summed E-state index contributed by atoms with van der Waals surface area (Å²) in [6.45, 7) is 0.156. The highest BCUT2D eigenvalue weighted by atomic mass is 32.2. The van der Waals surface area contributed by atoms with Gasteiger partial charge >= 0.3 is 0 Å². The molecule has 186 valence electrons. The first kappa shape index (κ1) is 25.9. The summed E-state index contributed by atoms with van der Waals surface area (Å²) in [6.07, 6.45) is 1.66. The molecule has 1 amide bonds. The van der Waals surface area contributed by atoms with Crippen molar-refractivity contribution in [3.8, 4) is 12.1 Å². The maximum absolute atomic E-state index is 13.6. The molecule has 4 aromatic rings. The van der Waals surface area contributed by atoms with Crippen LogP contribution in [-0.4, -0.2) is 41.7 Å². The number of aromatic nitrogens is 2. The van der Waals surface area contributed by atoms with Crippen molar-refractivity contribution in [3.05, 3.63) is 84.2 Å². The largest absolute Gasteiger partial charge is 0.278 e. The molecule has 0 bridgehead atoms. The van der Waals surface area contributed by atoms with Gasteiger partial charge in [0.2, 0.25) is 10.0 Å². The van der Waals surface area contributed by atoms with Gasteiger partial charge in [-0.3, -0.25) is 14.7 Å². The maximum atomic E-state index is 13.6. The van der Waals surface area contributed by atoms with Crippen LogP contribution in [0.1, 0.15) is 28.9 Å². The molecule has 0 saturated carbocycles. The van der Waals surface area contributed by atoms with Crippen molar-refractivity contribution in [1.82, 2.24) is 14.3 Å². The SMILES string of the molecule is N#CCCN(CCC#N)S(=O)(=O)c1ccc(C(=O)N(Cc2ccccn2)c2nc3ccccc3s2)cc1. The third kappa shape index (κ3) is 5.98.